The molecule has 2 N–H and O–H groups in total. The van der Waals surface area contributed by atoms with Gasteiger partial charge in [0.25, 0.3) is 5.91 Å². The fraction of sp³-hybridized carbons (Fsp3) is 0.211. The highest BCUT2D eigenvalue weighted by Gasteiger charge is 2.21. The minimum Gasteiger partial charge on any atom is -0.341 e. The third kappa shape index (κ3) is 6.12. The van der Waals surface area contributed by atoms with Crippen LogP contribution in [0.3, 0.4) is 0 Å². The van der Waals surface area contributed by atoms with Crippen LogP contribution in [0.25, 0.3) is 0 Å². The molecule has 0 saturated heterocycles. The lowest BCUT2D eigenvalue weighted by Gasteiger charge is -2.21. The fourth-order valence-electron chi connectivity index (χ4n) is 2.34. The van der Waals surface area contributed by atoms with Gasteiger partial charge in [-0.3, -0.25) is 14.4 Å². The first-order chi connectivity index (χ1) is 13.2. The van der Waals surface area contributed by atoms with E-state index >= 15 is 0 Å². The van der Waals surface area contributed by atoms with Crippen molar-refractivity contribution in [2.75, 3.05) is 18.9 Å². The van der Waals surface area contributed by atoms with Crippen LogP contribution >= 0.6 is 34.8 Å². The topological polar surface area (TPSA) is 78.5 Å². The van der Waals surface area contributed by atoms with Crippen LogP contribution in [-0.4, -0.2) is 42.3 Å². The normalized spacial score (nSPS) is 11.5. The SMILES string of the molecule is CC(NC(=O)c1ccc(Cl)cc1)C(=O)N(C)CC(=O)Nc1ccc(Cl)c(Cl)c1. The van der Waals surface area contributed by atoms with E-state index in [4.69, 9.17) is 34.8 Å². The Hall–Kier alpha value is -2.28. The standard InChI is InChI=1S/C19H18Cl3N3O3/c1-11(23-18(27)12-3-5-13(20)6-4-12)19(28)25(2)10-17(26)24-14-7-8-15(21)16(22)9-14/h3-9,11H,10H2,1-2H3,(H,23,27)(H,24,26). The number of nitrogens with one attached hydrogen (secondary N) is 2. The second-order valence-electron chi connectivity index (χ2n) is 6.07. The van der Waals surface area contributed by atoms with Gasteiger partial charge in [-0.15, -0.1) is 0 Å². The molecule has 0 aromatic heterocycles. The van der Waals surface area contributed by atoms with E-state index in [1.165, 1.54) is 18.0 Å². The monoisotopic (exact) mass is 441 g/mol. The van der Waals surface area contributed by atoms with Crippen molar-refractivity contribution >= 4 is 58.2 Å². The van der Waals surface area contributed by atoms with E-state index in [1.807, 2.05) is 0 Å². The van der Waals surface area contributed by atoms with Gasteiger partial charge in [0, 0.05) is 23.3 Å². The van der Waals surface area contributed by atoms with Crippen LogP contribution in [0, 0.1) is 0 Å². The molecule has 0 aliphatic heterocycles. The van der Waals surface area contributed by atoms with Gasteiger partial charge in [-0.05, 0) is 49.4 Å². The van der Waals surface area contributed by atoms with Crippen molar-refractivity contribution in [1.82, 2.24) is 10.2 Å². The molecule has 1 unspecified atom stereocenters. The molecule has 2 aromatic rings. The van der Waals surface area contributed by atoms with Crippen LogP contribution in [0.1, 0.15) is 17.3 Å². The first-order valence-electron chi connectivity index (χ1n) is 8.23. The van der Waals surface area contributed by atoms with E-state index < -0.39 is 23.8 Å². The molecule has 3 amide bonds. The molecule has 0 bridgehead atoms. The average Bonchev–Trinajstić information content (AvgIpc) is 2.64. The van der Waals surface area contributed by atoms with E-state index in [-0.39, 0.29) is 6.54 Å². The van der Waals surface area contributed by atoms with E-state index in [0.29, 0.717) is 26.3 Å². The summed E-state index contributed by atoms with van der Waals surface area (Å²) in [5.41, 5.74) is 0.841. The summed E-state index contributed by atoms with van der Waals surface area (Å²) in [5, 5.41) is 6.41. The van der Waals surface area contributed by atoms with E-state index in [0.717, 1.165) is 0 Å². The first-order valence-corrected chi connectivity index (χ1v) is 9.37. The highest BCUT2D eigenvalue weighted by atomic mass is 35.5. The number of halogens is 3. The number of hydrogen-bond acceptors (Lipinski definition) is 3. The van der Waals surface area contributed by atoms with Gasteiger partial charge < -0.3 is 15.5 Å². The molecule has 2 aromatic carbocycles. The van der Waals surface area contributed by atoms with Crippen LogP contribution in [0.4, 0.5) is 5.69 Å². The Morgan fingerprint density at radius 3 is 2.25 bits per heavy atom. The van der Waals surface area contributed by atoms with Crippen molar-refractivity contribution in [3.05, 3.63) is 63.1 Å². The maximum absolute atomic E-state index is 12.4. The average molecular weight is 443 g/mol. The van der Waals surface area contributed by atoms with E-state index in [9.17, 15) is 14.4 Å². The molecule has 0 aliphatic carbocycles. The minimum atomic E-state index is -0.814. The van der Waals surface area contributed by atoms with Crippen LogP contribution in [-0.2, 0) is 9.59 Å². The molecular formula is C19H18Cl3N3O3. The summed E-state index contributed by atoms with van der Waals surface area (Å²) in [7, 11) is 1.47. The molecule has 28 heavy (non-hydrogen) atoms. The van der Waals surface area contributed by atoms with Gasteiger partial charge in [0.15, 0.2) is 0 Å². The van der Waals surface area contributed by atoms with Gasteiger partial charge in [-0.1, -0.05) is 34.8 Å². The van der Waals surface area contributed by atoms with E-state index in [1.54, 1.807) is 43.3 Å². The number of nitrogens with zero attached hydrogens (tertiary/aromatic N) is 1. The van der Waals surface area contributed by atoms with E-state index in [2.05, 4.69) is 10.6 Å². The third-order valence-electron chi connectivity index (χ3n) is 3.78. The summed E-state index contributed by atoms with van der Waals surface area (Å²) in [6.45, 7) is 1.35. The quantitative estimate of drug-likeness (QED) is 0.713. The molecule has 6 nitrogen and oxygen atoms in total. The predicted octanol–water partition coefficient (Wildman–Crippen LogP) is 3.86. The lowest BCUT2D eigenvalue weighted by atomic mass is 10.2. The van der Waals surface area contributed by atoms with Crippen LogP contribution in [0.5, 0.6) is 0 Å². The van der Waals surface area contributed by atoms with Crippen molar-refractivity contribution < 1.29 is 14.4 Å². The molecule has 0 radical (unpaired) electrons. The predicted molar refractivity (Wildman–Crippen MR) is 111 cm³/mol. The van der Waals surface area contributed by atoms with Gasteiger partial charge in [0.2, 0.25) is 11.8 Å². The molecule has 0 heterocycles. The van der Waals surface area contributed by atoms with Crippen LogP contribution in [0.2, 0.25) is 15.1 Å². The zero-order valence-electron chi connectivity index (χ0n) is 15.1. The third-order valence-corrected chi connectivity index (χ3v) is 4.78. The highest BCUT2D eigenvalue weighted by Crippen LogP contribution is 2.24. The lowest BCUT2D eigenvalue weighted by molar-refractivity contribution is -0.134. The fourth-order valence-corrected chi connectivity index (χ4v) is 2.77. The minimum absolute atomic E-state index is 0.194. The number of likely N-dealkylation sites (N-methyl/N-ethyl adjacent to an activating group) is 1. The number of anilines is 1. The summed E-state index contributed by atoms with van der Waals surface area (Å²) in [6.07, 6.45) is 0. The summed E-state index contributed by atoms with van der Waals surface area (Å²) in [4.78, 5) is 38.0. The number of benzene rings is 2. The highest BCUT2D eigenvalue weighted by molar-refractivity contribution is 6.42. The molecule has 0 spiro atoms. The maximum Gasteiger partial charge on any atom is 0.251 e. The van der Waals surface area contributed by atoms with Crippen LogP contribution in [0.15, 0.2) is 42.5 Å². The molecule has 148 valence electrons. The van der Waals surface area contributed by atoms with Crippen molar-refractivity contribution in [2.24, 2.45) is 0 Å². The van der Waals surface area contributed by atoms with Gasteiger partial charge >= 0.3 is 0 Å². The Morgan fingerprint density at radius 1 is 1.00 bits per heavy atom. The van der Waals surface area contributed by atoms with Crippen molar-refractivity contribution in [1.29, 1.82) is 0 Å². The molecule has 1 atom stereocenters. The zero-order valence-corrected chi connectivity index (χ0v) is 17.4. The smallest absolute Gasteiger partial charge is 0.251 e. The van der Waals surface area contributed by atoms with Crippen LogP contribution < -0.4 is 10.6 Å². The van der Waals surface area contributed by atoms with Gasteiger partial charge in [0.05, 0.1) is 16.6 Å². The zero-order chi connectivity index (χ0) is 20.8. The Morgan fingerprint density at radius 2 is 1.64 bits per heavy atom. The lowest BCUT2D eigenvalue weighted by Crippen LogP contribution is -2.47. The molecular weight excluding hydrogens is 425 g/mol. The molecule has 0 aliphatic rings. The number of carbonyl (C=O) groups excluding carboxylic acids is 3. The molecule has 9 heteroatoms. The van der Waals surface area contributed by atoms with Gasteiger partial charge in [0.1, 0.15) is 6.04 Å². The van der Waals surface area contributed by atoms with Crippen molar-refractivity contribution in [2.45, 2.75) is 13.0 Å². The summed E-state index contributed by atoms with van der Waals surface area (Å²) < 4.78 is 0. The molecule has 0 saturated carbocycles. The summed E-state index contributed by atoms with van der Waals surface area (Å²) in [6, 6.07) is 10.1. The van der Waals surface area contributed by atoms with Gasteiger partial charge in [-0.2, -0.15) is 0 Å². The maximum atomic E-state index is 12.4. The Labute approximate surface area is 177 Å². The van der Waals surface area contributed by atoms with Crippen molar-refractivity contribution in [3.63, 3.8) is 0 Å². The van der Waals surface area contributed by atoms with Crippen molar-refractivity contribution in [3.8, 4) is 0 Å². The second kappa shape index (κ2) is 9.78. The first kappa shape index (κ1) is 22.0. The number of hydrogen-bond donors (Lipinski definition) is 2. The number of amides is 3. The summed E-state index contributed by atoms with van der Waals surface area (Å²) >= 11 is 17.5. The largest absolute Gasteiger partial charge is 0.341 e. The Kier molecular flexibility index (Phi) is 7.69. The molecule has 0 fully saturated rings. The Balaban J connectivity index is 1.89. The number of rotatable bonds is 6. The molecule has 2 rings (SSSR count). The Bertz CT molecular complexity index is 888. The second-order valence-corrected chi connectivity index (χ2v) is 7.32. The number of carbonyl (C=O) groups is 3. The van der Waals surface area contributed by atoms with Gasteiger partial charge in [-0.25, -0.2) is 0 Å². The summed E-state index contributed by atoms with van der Waals surface area (Å²) in [5.74, 6) is -1.23.